The molecule has 5 nitrogen and oxygen atoms in total. The monoisotopic (exact) mass is 332 g/mol. The molecule has 5 heteroatoms. The second-order valence-corrected chi connectivity index (χ2v) is 6.05. The van der Waals surface area contributed by atoms with E-state index >= 15 is 0 Å². The highest BCUT2D eigenvalue weighted by Gasteiger charge is 2.12. The first kappa shape index (κ1) is 16.5. The average Bonchev–Trinajstić information content (AvgIpc) is 3.03. The van der Waals surface area contributed by atoms with Crippen molar-refractivity contribution < 1.29 is 4.42 Å². The Morgan fingerprint density at radius 1 is 0.720 bits per heavy atom. The third-order valence-corrected chi connectivity index (χ3v) is 4.21. The van der Waals surface area contributed by atoms with Crippen LogP contribution < -0.4 is 11.5 Å². The number of benzene rings is 2. The summed E-state index contributed by atoms with van der Waals surface area (Å²) in [5.41, 5.74) is 16.4. The van der Waals surface area contributed by atoms with E-state index < -0.39 is 0 Å². The summed E-state index contributed by atoms with van der Waals surface area (Å²) >= 11 is 0. The van der Waals surface area contributed by atoms with E-state index in [1.54, 1.807) is 0 Å². The van der Waals surface area contributed by atoms with Crippen LogP contribution in [0.2, 0.25) is 0 Å². The molecular formula is C20H20N4O. The summed E-state index contributed by atoms with van der Waals surface area (Å²) in [4.78, 5) is 0. The zero-order valence-corrected chi connectivity index (χ0v) is 14.2. The van der Waals surface area contributed by atoms with Gasteiger partial charge in [0.25, 0.3) is 0 Å². The molecule has 0 spiro atoms. The predicted molar refractivity (Wildman–Crippen MR) is 101 cm³/mol. The Kier molecular flexibility index (Phi) is 4.15. The molecule has 0 aliphatic rings. The van der Waals surface area contributed by atoms with Gasteiger partial charge in [-0.05, 0) is 49.2 Å². The van der Waals surface area contributed by atoms with Crippen molar-refractivity contribution in [3.63, 3.8) is 0 Å². The first-order valence-electron chi connectivity index (χ1n) is 7.87. The summed E-state index contributed by atoms with van der Waals surface area (Å²) in [5, 5.41) is 15.0. The molecule has 126 valence electrons. The smallest absolute Gasteiger partial charge is 0.135 e. The molecule has 0 atom stereocenters. The van der Waals surface area contributed by atoms with E-state index in [1.165, 1.54) is 0 Å². The van der Waals surface area contributed by atoms with Gasteiger partial charge in [0.05, 0.1) is 0 Å². The lowest BCUT2D eigenvalue weighted by Crippen LogP contribution is -2.11. The second-order valence-electron chi connectivity index (χ2n) is 6.05. The van der Waals surface area contributed by atoms with Crippen molar-refractivity contribution in [3.8, 4) is 22.6 Å². The molecule has 0 unspecified atom stereocenters. The fourth-order valence-electron chi connectivity index (χ4n) is 2.84. The Morgan fingerprint density at radius 2 is 1.12 bits per heavy atom. The maximum Gasteiger partial charge on any atom is 0.135 e. The third kappa shape index (κ3) is 3.17. The van der Waals surface area contributed by atoms with Crippen LogP contribution in [0, 0.1) is 24.7 Å². The van der Waals surface area contributed by atoms with Crippen LogP contribution >= 0.6 is 0 Å². The molecule has 0 saturated heterocycles. The van der Waals surface area contributed by atoms with Crippen LogP contribution in [-0.2, 0) is 0 Å². The number of nitrogens with one attached hydrogen (secondary N) is 2. The minimum atomic E-state index is 0.0518. The molecule has 6 N–H and O–H groups in total. The highest BCUT2D eigenvalue weighted by Crippen LogP contribution is 2.32. The highest BCUT2D eigenvalue weighted by molar-refractivity contribution is 5.96. The number of hydrogen-bond acceptors (Lipinski definition) is 3. The quantitative estimate of drug-likeness (QED) is 0.430. The normalized spacial score (nSPS) is 10.6. The number of nitrogens with two attached hydrogens (primary N) is 2. The van der Waals surface area contributed by atoms with Crippen molar-refractivity contribution in [2.45, 2.75) is 13.8 Å². The molecule has 3 aromatic rings. The lowest BCUT2D eigenvalue weighted by atomic mass is 10.0. The molecule has 0 saturated carbocycles. The van der Waals surface area contributed by atoms with E-state index in [-0.39, 0.29) is 11.7 Å². The third-order valence-electron chi connectivity index (χ3n) is 4.21. The summed E-state index contributed by atoms with van der Waals surface area (Å²) < 4.78 is 6.05. The second kappa shape index (κ2) is 6.28. The molecule has 1 aromatic heterocycles. The van der Waals surface area contributed by atoms with Gasteiger partial charge in [-0.1, -0.05) is 24.3 Å². The molecular weight excluding hydrogens is 312 g/mol. The molecule has 25 heavy (non-hydrogen) atoms. The van der Waals surface area contributed by atoms with Gasteiger partial charge in [-0.25, -0.2) is 0 Å². The number of furan rings is 1. The van der Waals surface area contributed by atoms with Crippen LogP contribution in [0.1, 0.15) is 22.3 Å². The molecule has 0 aliphatic heterocycles. The molecule has 0 fully saturated rings. The van der Waals surface area contributed by atoms with Gasteiger partial charge in [0.2, 0.25) is 0 Å². The summed E-state index contributed by atoms with van der Waals surface area (Å²) in [6.07, 6.45) is 0. The number of aryl methyl sites for hydroxylation is 2. The first-order chi connectivity index (χ1) is 11.9. The molecule has 0 amide bonds. The van der Waals surface area contributed by atoms with Crippen LogP contribution in [0.15, 0.2) is 52.9 Å². The average molecular weight is 332 g/mol. The number of rotatable bonds is 4. The predicted octanol–water partition coefficient (Wildman–Crippen LogP) is 3.80. The highest BCUT2D eigenvalue weighted by atomic mass is 16.3. The zero-order valence-electron chi connectivity index (χ0n) is 14.2. The maximum absolute atomic E-state index is 7.52. The topological polar surface area (TPSA) is 113 Å². The van der Waals surface area contributed by atoms with Crippen LogP contribution in [0.4, 0.5) is 0 Å². The van der Waals surface area contributed by atoms with E-state index in [1.807, 2.05) is 62.4 Å². The Balaban J connectivity index is 1.98. The Labute approximate surface area is 146 Å². The fourth-order valence-corrected chi connectivity index (χ4v) is 2.84. The lowest BCUT2D eigenvalue weighted by Gasteiger charge is -2.07. The van der Waals surface area contributed by atoms with E-state index in [2.05, 4.69) is 0 Å². The Morgan fingerprint density at radius 3 is 1.44 bits per heavy atom. The van der Waals surface area contributed by atoms with Gasteiger partial charge in [-0.15, -0.1) is 0 Å². The minimum Gasteiger partial charge on any atom is -0.456 e. The fraction of sp³-hybridized carbons (Fsp3) is 0.100. The van der Waals surface area contributed by atoms with Gasteiger partial charge >= 0.3 is 0 Å². The van der Waals surface area contributed by atoms with Gasteiger partial charge in [-0.3, -0.25) is 10.8 Å². The van der Waals surface area contributed by atoms with Crippen LogP contribution in [-0.4, -0.2) is 11.7 Å². The number of hydrogen-bond donors (Lipinski definition) is 4. The lowest BCUT2D eigenvalue weighted by molar-refractivity contribution is 0.596. The number of amidine groups is 2. The summed E-state index contributed by atoms with van der Waals surface area (Å²) in [6, 6.07) is 15.1. The van der Waals surface area contributed by atoms with Crippen LogP contribution in [0.5, 0.6) is 0 Å². The van der Waals surface area contributed by atoms with Gasteiger partial charge < -0.3 is 15.9 Å². The van der Waals surface area contributed by atoms with Crippen molar-refractivity contribution >= 4 is 11.7 Å². The molecule has 1 heterocycles. The summed E-state index contributed by atoms with van der Waals surface area (Å²) in [7, 11) is 0. The van der Waals surface area contributed by atoms with Crippen LogP contribution in [0.25, 0.3) is 22.6 Å². The Hall–Kier alpha value is -3.34. The standard InChI is InChI=1S/C20H20N4O/c1-11-9-13(19(21)22)3-5-15(11)17-7-8-18(25-17)16-6-4-14(20(23)24)10-12(16)2/h3-10H,1-2H3,(H3,21,22)(H3,23,24). The SMILES string of the molecule is Cc1cc(C(=N)N)ccc1-c1ccc(-c2ccc(C(=N)N)cc2C)o1. The Bertz CT molecular complexity index is 907. The first-order valence-corrected chi connectivity index (χ1v) is 7.87. The van der Waals surface area contributed by atoms with E-state index in [9.17, 15) is 0 Å². The van der Waals surface area contributed by atoms with Gasteiger partial charge in [0.1, 0.15) is 23.2 Å². The maximum atomic E-state index is 7.52. The molecule has 0 bridgehead atoms. The van der Waals surface area contributed by atoms with Gasteiger partial charge in [0.15, 0.2) is 0 Å². The van der Waals surface area contributed by atoms with Crippen LogP contribution in [0.3, 0.4) is 0 Å². The van der Waals surface area contributed by atoms with Crippen molar-refractivity contribution in [2.75, 3.05) is 0 Å². The minimum absolute atomic E-state index is 0.0518. The van der Waals surface area contributed by atoms with Crippen molar-refractivity contribution in [1.82, 2.24) is 0 Å². The molecule has 3 rings (SSSR count). The van der Waals surface area contributed by atoms with Gasteiger partial charge in [-0.2, -0.15) is 0 Å². The summed E-state index contributed by atoms with van der Waals surface area (Å²) in [6.45, 7) is 3.94. The van der Waals surface area contributed by atoms with E-state index in [0.717, 1.165) is 33.8 Å². The molecule has 0 aliphatic carbocycles. The van der Waals surface area contributed by atoms with E-state index in [0.29, 0.717) is 11.1 Å². The van der Waals surface area contributed by atoms with Gasteiger partial charge in [0, 0.05) is 22.3 Å². The van der Waals surface area contributed by atoms with Crippen molar-refractivity contribution in [1.29, 1.82) is 10.8 Å². The molecule has 0 radical (unpaired) electrons. The van der Waals surface area contributed by atoms with Crippen molar-refractivity contribution in [2.24, 2.45) is 11.5 Å². The zero-order chi connectivity index (χ0) is 18.1. The summed E-state index contributed by atoms with van der Waals surface area (Å²) in [5.74, 6) is 1.63. The van der Waals surface area contributed by atoms with E-state index in [4.69, 9.17) is 26.7 Å². The molecule has 2 aromatic carbocycles. The number of nitrogen functional groups attached to an aromatic ring is 2. The largest absolute Gasteiger partial charge is 0.456 e. The van der Waals surface area contributed by atoms with Crippen molar-refractivity contribution in [3.05, 3.63) is 70.8 Å².